The van der Waals surface area contributed by atoms with Crippen molar-refractivity contribution in [2.24, 2.45) is 0 Å². The lowest BCUT2D eigenvalue weighted by Gasteiger charge is -2.25. The van der Waals surface area contributed by atoms with Crippen LogP contribution in [0.4, 0.5) is 0 Å². The van der Waals surface area contributed by atoms with Crippen molar-refractivity contribution in [1.82, 2.24) is 5.32 Å². The molecule has 1 atom stereocenters. The SMILES string of the molecule is CNC(CCC(C)(C)OC)COC. The maximum absolute atomic E-state index is 5.34. The van der Waals surface area contributed by atoms with Crippen molar-refractivity contribution in [3.8, 4) is 0 Å². The highest BCUT2D eigenvalue weighted by atomic mass is 16.5. The summed E-state index contributed by atoms with van der Waals surface area (Å²) in [7, 11) is 5.44. The van der Waals surface area contributed by atoms with Crippen LogP contribution in [-0.2, 0) is 9.47 Å². The second kappa shape index (κ2) is 6.35. The molecule has 0 rings (SSSR count). The molecule has 80 valence electrons. The molecule has 0 radical (unpaired) electrons. The van der Waals surface area contributed by atoms with Crippen LogP contribution >= 0.6 is 0 Å². The van der Waals surface area contributed by atoms with Crippen LogP contribution in [0, 0.1) is 0 Å². The van der Waals surface area contributed by atoms with Crippen molar-refractivity contribution >= 4 is 0 Å². The molecule has 0 aromatic carbocycles. The molecule has 0 aliphatic carbocycles. The highest BCUT2D eigenvalue weighted by Gasteiger charge is 2.18. The van der Waals surface area contributed by atoms with Gasteiger partial charge in [-0.15, -0.1) is 0 Å². The maximum Gasteiger partial charge on any atom is 0.0623 e. The average Bonchev–Trinajstić information content (AvgIpc) is 2.12. The van der Waals surface area contributed by atoms with Gasteiger partial charge in [0.05, 0.1) is 12.2 Å². The number of hydrogen-bond acceptors (Lipinski definition) is 3. The standard InChI is InChI=1S/C10H23NO2/c1-10(2,13-5)7-6-9(11-3)8-12-4/h9,11H,6-8H2,1-5H3. The molecule has 1 unspecified atom stereocenters. The van der Waals surface area contributed by atoms with E-state index in [1.54, 1.807) is 14.2 Å². The van der Waals surface area contributed by atoms with E-state index in [9.17, 15) is 0 Å². The Bertz CT molecular complexity index is 126. The number of rotatable bonds is 7. The Balaban J connectivity index is 3.70. The van der Waals surface area contributed by atoms with Crippen molar-refractivity contribution in [2.45, 2.75) is 38.3 Å². The molecule has 0 spiro atoms. The van der Waals surface area contributed by atoms with E-state index in [0.29, 0.717) is 6.04 Å². The van der Waals surface area contributed by atoms with Crippen molar-refractivity contribution in [3.63, 3.8) is 0 Å². The van der Waals surface area contributed by atoms with Gasteiger partial charge in [-0.05, 0) is 33.7 Å². The summed E-state index contributed by atoms with van der Waals surface area (Å²) in [6, 6.07) is 0.430. The quantitative estimate of drug-likeness (QED) is 0.657. The van der Waals surface area contributed by atoms with Crippen LogP contribution in [0.3, 0.4) is 0 Å². The molecule has 0 aliphatic heterocycles. The predicted molar refractivity (Wildman–Crippen MR) is 55.0 cm³/mol. The Labute approximate surface area is 81.8 Å². The minimum absolute atomic E-state index is 0.0250. The lowest BCUT2D eigenvalue weighted by molar-refractivity contribution is 0.00963. The van der Waals surface area contributed by atoms with E-state index in [2.05, 4.69) is 19.2 Å². The molecule has 0 aliphatic rings. The van der Waals surface area contributed by atoms with E-state index >= 15 is 0 Å². The van der Waals surface area contributed by atoms with Gasteiger partial charge in [-0.1, -0.05) is 0 Å². The van der Waals surface area contributed by atoms with E-state index in [0.717, 1.165) is 19.4 Å². The largest absolute Gasteiger partial charge is 0.383 e. The van der Waals surface area contributed by atoms with Crippen LogP contribution in [0.25, 0.3) is 0 Å². The summed E-state index contributed by atoms with van der Waals surface area (Å²) in [5, 5.41) is 3.22. The van der Waals surface area contributed by atoms with E-state index in [4.69, 9.17) is 9.47 Å². The van der Waals surface area contributed by atoms with Gasteiger partial charge in [-0.2, -0.15) is 0 Å². The van der Waals surface area contributed by atoms with Gasteiger partial charge in [0.2, 0.25) is 0 Å². The van der Waals surface area contributed by atoms with Crippen LogP contribution in [-0.4, -0.2) is 39.5 Å². The van der Waals surface area contributed by atoms with Crippen LogP contribution in [0.15, 0.2) is 0 Å². The molecule has 0 heterocycles. The van der Waals surface area contributed by atoms with Gasteiger partial charge in [-0.25, -0.2) is 0 Å². The van der Waals surface area contributed by atoms with Gasteiger partial charge >= 0.3 is 0 Å². The third kappa shape index (κ3) is 6.02. The Kier molecular flexibility index (Phi) is 6.29. The Hall–Kier alpha value is -0.120. The van der Waals surface area contributed by atoms with Gasteiger partial charge in [-0.3, -0.25) is 0 Å². The zero-order valence-electron chi connectivity index (χ0n) is 9.52. The molecule has 0 aromatic rings. The van der Waals surface area contributed by atoms with Crippen LogP contribution in [0.2, 0.25) is 0 Å². The topological polar surface area (TPSA) is 30.5 Å². The molecular formula is C10H23NO2. The first-order valence-corrected chi connectivity index (χ1v) is 4.77. The lowest BCUT2D eigenvalue weighted by atomic mass is 9.99. The number of methoxy groups -OCH3 is 2. The van der Waals surface area contributed by atoms with Crippen molar-refractivity contribution < 1.29 is 9.47 Å². The van der Waals surface area contributed by atoms with E-state index < -0.39 is 0 Å². The van der Waals surface area contributed by atoms with Gasteiger partial charge < -0.3 is 14.8 Å². The van der Waals surface area contributed by atoms with Gasteiger partial charge in [0.1, 0.15) is 0 Å². The number of likely N-dealkylation sites (N-methyl/N-ethyl adjacent to an activating group) is 1. The van der Waals surface area contributed by atoms with Crippen molar-refractivity contribution in [3.05, 3.63) is 0 Å². The minimum atomic E-state index is -0.0250. The summed E-state index contributed by atoms with van der Waals surface area (Å²) in [6.45, 7) is 4.97. The molecule has 0 aromatic heterocycles. The minimum Gasteiger partial charge on any atom is -0.383 e. The van der Waals surface area contributed by atoms with Crippen LogP contribution in [0.5, 0.6) is 0 Å². The van der Waals surface area contributed by atoms with Gasteiger partial charge in [0.25, 0.3) is 0 Å². The first kappa shape index (κ1) is 12.9. The molecule has 1 N–H and O–H groups in total. The van der Waals surface area contributed by atoms with Crippen LogP contribution in [0.1, 0.15) is 26.7 Å². The molecule has 0 amide bonds. The van der Waals surface area contributed by atoms with Crippen LogP contribution < -0.4 is 5.32 Å². The molecule has 0 bridgehead atoms. The maximum atomic E-state index is 5.34. The number of ether oxygens (including phenoxy) is 2. The van der Waals surface area contributed by atoms with Gasteiger partial charge in [0.15, 0.2) is 0 Å². The monoisotopic (exact) mass is 189 g/mol. The third-order valence-electron chi connectivity index (χ3n) is 2.42. The van der Waals surface area contributed by atoms with Crippen molar-refractivity contribution in [2.75, 3.05) is 27.9 Å². The second-order valence-electron chi connectivity index (χ2n) is 3.94. The summed E-state index contributed by atoms with van der Waals surface area (Å²) >= 11 is 0. The smallest absolute Gasteiger partial charge is 0.0623 e. The highest BCUT2D eigenvalue weighted by Crippen LogP contribution is 2.16. The predicted octanol–water partition coefficient (Wildman–Crippen LogP) is 1.43. The summed E-state index contributed by atoms with van der Waals surface area (Å²) in [5.74, 6) is 0. The first-order valence-electron chi connectivity index (χ1n) is 4.77. The molecule has 0 fully saturated rings. The zero-order valence-corrected chi connectivity index (χ0v) is 9.52. The number of hydrogen-bond donors (Lipinski definition) is 1. The highest BCUT2D eigenvalue weighted by molar-refractivity contribution is 4.73. The summed E-state index contributed by atoms with van der Waals surface area (Å²) in [4.78, 5) is 0. The zero-order chi connectivity index (χ0) is 10.3. The molecule has 0 saturated heterocycles. The fraction of sp³-hybridized carbons (Fsp3) is 1.00. The van der Waals surface area contributed by atoms with Crippen molar-refractivity contribution in [1.29, 1.82) is 0 Å². The third-order valence-corrected chi connectivity index (χ3v) is 2.42. The number of nitrogens with one attached hydrogen (secondary N) is 1. The fourth-order valence-electron chi connectivity index (χ4n) is 1.14. The summed E-state index contributed by atoms with van der Waals surface area (Å²) < 4.78 is 10.4. The molecule has 3 nitrogen and oxygen atoms in total. The summed E-state index contributed by atoms with van der Waals surface area (Å²) in [6.07, 6.45) is 2.11. The lowest BCUT2D eigenvalue weighted by Crippen LogP contribution is -2.33. The molecular weight excluding hydrogens is 166 g/mol. The second-order valence-corrected chi connectivity index (χ2v) is 3.94. The molecule has 13 heavy (non-hydrogen) atoms. The van der Waals surface area contributed by atoms with E-state index in [1.807, 2.05) is 7.05 Å². The fourth-order valence-corrected chi connectivity index (χ4v) is 1.14. The Morgan fingerprint density at radius 1 is 1.31 bits per heavy atom. The molecule has 3 heteroatoms. The summed E-state index contributed by atoms with van der Waals surface area (Å²) in [5.41, 5.74) is -0.0250. The van der Waals surface area contributed by atoms with E-state index in [-0.39, 0.29) is 5.60 Å². The van der Waals surface area contributed by atoms with E-state index in [1.165, 1.54) is 0 Å². The first-order chi connectivity index (χ1) is 6.05. The normalized spacial score (nSPS) is 14.5. The Morgan fingerprint density at radius 2 is 1.92 bits per heavy atom. The molecule has 0 saturated carbocycles. The average molecular weight is 189 g/mol. The Morgan fingerprint density at radius 3 is 2.31 bits per heavy atom. The van der Waals surface area contributed by atoms with Gasteiger partial charge in [0, 0.05) is 20.3 Å².